The molecular formula is C29H35N5O5. The van der Waals surface area contributed by atoms with E-state index in [0.29, 0.717) is 24.2 Å². The summed E-state index contributed by atoms with van der Waals surface area (Å²) in [5, 5.41) is 12.7. The molecule has 10 heteroatoms. The second-order valence-corrected chi connectivity index (χ2v) is 11.3. The number of nitrogens with one attached hydrogen (secondary N) is 1. The summed E-state index contributed by atoms with van der Waals surface area (Å²) in [5.41, 5.74) is 2.73. The molecule has 0 aliphatic carbocycles. The number of aromatic nitrogens is 2. The first-order chi connectivity index (χ1) is 18.6. The van der Waals surface area contributed by atoms with Gasteiger partial charge < -0.3 is 24.6 Å². The largest absolute Gasteiger partial charge is 0.480 e. The van der Waals surface area contributed by atoms with Gasteiger partial charge in [-0.15, -0.1) is 0 Å². The average molecular weight is 534 g/mol. The molecule has 2 bridgehead atoms. The van der Waals surface area contributed by atoms with Crippen molar-refractivity contribution in [1.29, 1.82) is 0 Å². The maximum absolute atomic E-state index is 12.7. The summed E-state index contributed by atoms with van der Waals surface area (Å²) in [4.78, 5) is 44.9. The Kier molecular flexibility index (Phi) is 7.20. The number of benzene rings is 1. The Labute approximate surface area is 227 Å². The molecular weight excluding hydrogens is 498 g/mol. The SMILES string of the molecule is CC(C)(C)OC(=O)N1[C@@H]2CC[C@H]1CN(c1ccc(CCNC(=O)c3cnc4c(ccn4CC(=O)O)c3)cc1)C2. The minimum Gasteiger partial charge on any atom is -0.480 e. The molecule has 0 unspecified atom stereocenters. The average Bonchev–Trinajstić information content (AvgIpc) is 3.39. The predicted octanol–water partition coefficient (Wildman–Crippen LogP) is 3.68. The first kappa shape index (κ1) is 26.5. The van der Waals surface area contributed by atoms with Gasteiger partial charge in [-0.05, 0) is 69.9 Å². The van der Waals surface area contributed by atoms with Crippen molar-refractivity contribution in [3.8, 4) is 0 Å². The van der Waals surface area contributed by atoms with Gasteiger partial charge in [0, 0.05) is 43.1 Å². The van der Waals surface area contributed by atoms with Gasteiger partial charge in [0.1, 0.15) is 17.8 Å². The van der Waals surface area contributed by atoms with E-state index in [1.165, 1.54) is 10.8 Å². The zero-order valence-electron chi connectivity index (χ0n) is 22.6. The van der Waals surface area contributed by atoms with E-state index < -0.39 is 11.6 Å². The van der Waals surface area contributed by atoms with Crippen LogP contribution in [0.15, 0.2) is 48.8 Å². The van der Waals surface area contributed by atoms with Crippen LogP contribution in [-0.2, 0) is 22.5 Å². The number of pyridine rings is 1. The Balaban J connectivity index is 1.13. The van der Waals surface area contributed by atoms with Crippen LogP contribution in [0.5, 0.6) is 0 Å². The fourth-order valence-electron chi connectivity index (χ4n) is 5.50. The molecule has 2 saturated heterocycles. The monoisotopic (exact) mass is 533 g/mol. The van der Waals surface area contributed by atoms with Crippen LogP contribution in [0.2, 0.25) is 0 Å². The van der Waals surface area contributed by atoms with Gasteiger partial charge in [-0.3, -0.25) is 14.5 Å². The number of anilines is 1. The predicted molar refractivity (Wildman–Crippen MR) is 147 cm³/mol. The Bertz CT molecular complexity index is 1360. The summed E-state index contributed by atoms with van der Waals surface area (Å²) in [6, 6.07) is 12.2. The van der Waals surface area contributed by atoms with Crippen molar-refractivity contribution in [2.24, 2.45) is 0 Å². The van der Waals surface area contributed by atoms with Crippen LogP contribution in [-0.4, -0.2) is 74.8 Å². The maximum Gasteiger partial charge on any atom is 0.410 e. The second-order valence-electron chi connectivity index (χ2n) is 11.3. The van der Waals surface area contributed by atoms with Crippen molar-refractivity contribution in [3.05, 3.63) is 59.9 Å². The van der Waals surface area contributed by atoms with Crippen molar-refractivity contribution in [2.45, 2.75) is 64.3 Å². The van der Waals surface area contributed by atoms with E-state index in [0.717, 1.165) is 42.6 Å². The van der Waals surface area contributed by atoms with E-state index in [-0.39, 0.29) is 30.6 Å². The van der Waals surface area contributed by atoms with Crippen molar-refractivity contribution in [1.82, 2.24) is 19.8 Å². The van der Waals surface area contributed by atoms with Crippen LogP contribution < -0.4 is 10.2 Å². The summed E-state index contributed by atoms with van der Waals surface area (Å²) in [5.74, 6) is -1.16. The molecule has 1 aromatic carbocycles. The molecule has 2 atom stereocenters. The third-order valence-corrected chi connectivity index (χ3v) is 7.26. The summed E-state index contributed by atoms with van der Waals surface area (Å²) < 4.78 is 7.18. The number of carbonyl (C=O) groups excluding carboxylic acids is 2. The standard InChI is InChI=1S/C29H35N5O5/c1-29(2,3)39-28(38)34-23-8-9-24(34)17-33(16-23)22-6-4-19(5-7-22)10-12-30-27(37)21-14-20-11-13-32(18-25(35)36)26(20)31-15-21/h4-7,11,13-15,23-24H,8-10,12,16-18H2,1-3H3,(H,30,37)(H,35,36)/t23-,24+. The molecule has 2 aromatic heterocycles. The van der Waals surface area contributed by atoms with E-state index in [1.54, 1.807) is 18.3 Å². The number of piperazine rings is 1. The van der Waals surface area contributed by atoms with Crippen LogP contribution in [0.1, 0.15) is 49.5 Å². The molecule has 10 nitrogen and oxygen atoms in total. The van der Waals surface area contributed by atoms with Crippen molar-refractivity contribution in [2.75, 3.05) is 24.5 Å². The molecule has 39 heavy (non-hydrogen) atoms. The van der Waals surface area contributed by atoms with Crippen LogP contribution in [0.4, 0.5) is 10.5 Å². The minimum atomic E-state index is -0.947. The van der Waals surface area contributed by atoms with E-state index in [1.807, 2.05) is 25.7 Å². The number of hydrogen-bond acceptors (Lipinski definition) is 6. The minimum absolute atomic E-state index is 0.165. The molecule has 0 radical (unpaired) electrons. The zero-order valence-corrected chi connectivity index (χ0v) is 22.6. The lowest BCUT2D eigenvalue weighted by Crippen LogP contribution is -2.56. The van der Waals surface area contributed by atoms with Gasteiger partial charge in [0.25, 0.3) is 5.91 Å². The number of aliphatic carboxylic acids is 1. The molecule has 4 heterocycles. The molecule has 2 N–H and O–H groups in total. The summed E-state index contributed by atoms with van der Waals surface area (Å²) in [6.07, 6.45) is 5.60. The van der Waals surface area contributed by atoms with Crippen LogP contribution in [0.25, 0.3) is 11.0 Å². The summed E-state index contributed by atoms with van der Waals surface area (Å²) in [6.45, 7) is 7.59. The normalized spacial score (nSPS) is 18.8. The third-order valence-electron chi connectivity index (χ3n) is 7.26. The second kappa shape index (κ2) is 10.6. The smallest absolute Gasteiger partial charge is 0.410 e. The number of carboxylic acid groups (broad SMARTS) is 1. The number of hydrogen-bond donors (Lipinski definition) is 2. The molecule has 5 rings (SSSR count). The van der Waals surface area contributed by atoms with Gasteiger partial charge in [0.15, 0.2) is 0 Å². The number of fused-ring (bicyclic) bond motifs is 3. The Hall–Kier alpha value is -4.08. The van der Waals surface area contributed by atoms with Crippen molar-refractivity contribution >= 4 is 34.7 Å². The van der Waals surface area contributed by atoms with Gasteiger partial charge in [-0.1, -0.05) is 12.1 Å². The third kappa shape index (κ3) is 6.00. The van der Waals surface area contributed by atoms with Gasteiger partial charge in [-0.2, -0.15) is 0 Å². The number of carbonyl (C=O) groups is 3. The molecule has 2 aliphatic heterocycles. The molecule has 0 saturated carbocycles. The Morgan fingerprint density at radius 2 is 1.77 bits per heavy atom. The lowest BCUT2D eigenvalue weighted by Gasteiger charge is -2.42. The lowest BCUT2D eigenvalue weighted by atomic mass is 10.1. The quantitative estimate of drug-likeness (QED) is 0.476. The molecule has 2 amide bonds. The van der Waals surface area contributed by atoms with E-state index in [9.17, 15) is 14.4 Å². The number of rotatable bonds is 7. The fourth-order valence-corrected chi connectivity index (χ4v) is 5.50. The lowest BCUT2D eigenvalue weighted by molar-refractivity contribution is -0.137. The van der Waals surface area contributed by atoms with Crippen molar-refractivity contribution < 1.29 is 24.2 Å². The number of carboxylic acids is 1. The van der Waals surface area contributed by atoms with E-state index in [2.05, 4.69) is 39.5 Å². The number of amides is 2. The fraction of sp³-hybridized carbons (Fsp3) is 0.448. The topological polar surface area (TPSA) is 117 Å². The highest BCUT2D eigenvalue weighted by Crippen LogP contribution is 2.34. The maximum atomic E-state index is 12.7. The van der Waals surface area contributed by atoms with E-state index in [4.69, 9.17) is 9.84 Å². The van der Waals surface area contributed by atoms with Crippen LogP contribution >= 0.6 is 0 Å². The van der Waals surface area contributed by atoms with Gasteiger partial charge >= 0.3 is 12.1 Å². The van der Waals surface area contributed by atoms with Gasteiger partial charge in [-0.25, -0.2) is 9.78 Å². The molecule has 0 spiro atoms. The first-order valence-electron chi connectivity index (χ1n) is 13.4. The molecule has 2 aliphatic rings. The highest BCUT2D eigenvalue weighted by atomic mass is 16.6. The molecule has 3 aromatic rings. The zero-order chi connectivity index (χ0) is 27.7. The number of ether oxygens (including phenoxy) is 1. The Morgan fingerprint density at radius 1 is 1.08 bits per heavy atom. The van der Waals surface area contributed by atoms with Gasteiger partial charge in [0.2, 0.25) is 0 Å². The van der Waals surface area contributed by atoms with Crippen LogP contribution in [0.3, 0.4) is 0 Å². The van der Waals surface area contributed by atoms with Crippen LogP contribution in [0, 0.1) is 0 Å². The molecule has 2 fully saturated rings. The Morgan fingerprint density at radius 3 is 2.41 bits per heavy atom. The van der Waals surface area contributed by atoms with Crippen molar-refractivity contribution in [3.63, 3.8) is 0 Å². The highest BCUT2D eigenvalue weighted by molar-refractivity contribution is 5.97. The van der Waals surface area contributed by atoms with Gasteiger partial charge in [0.05, 0.1) is 17.6 Å². The van der Waals surface area contributed by atoms with E-state index >= 15 is 0 Å². The first-order valence-corrected chi connectivity index (χ1v) is 13.4. The summed E-state index contributed by atoms with van der Waals surface area (Å²) in [7, 11) is 0. The highest BCUT2D eigenvalue weighted by Gasteiger charge is 2.44. The number of nitrogens with zero attached hydrogens (tertiary/aromatic N) is 4. The summed E-state index contributed by atoms with van der Waals surface area (Å²) >= 11 is 0. The molecule has 206 valence electrons.